The minimum Gasteiger partial charge on any atom is -0.504 e. The van der Waals surface area contributed by atoms with Gasteiger partial charge in [-0.15, -0.1) is 0 Å². The molecule has 14 heavy (non-hydrogen) atoms. The first kappa shape index (κ1) is 10.9. The summed E-state index contributed by atoms with van der Waals surface area (Å²) in [7, 11) is 0. The molecule has 0 aliphatic rings. The molecule has 78 valence electrons. The molecule has 1 rings (SSSR count). The Hall–Kier alpha value is -1.18. The van der Waals surface area contributed by atoms with E-state index in [0.717, 1.165) is 12.0 Å². The number of phenols is 2. The average molecular weight is 194 g/mol. The van der Waals surface area contributed by atoms with Crippen molar-refractivity contribution in [2.24, 2.45) is 5.92 Å². The lowest BCUT2D eigenvalue weighted by Gasteiger charge is -2.10. The Morgan fingerprint density at radius 3 is 2.50 bits per heavy atom. The van der Waals surface area contributed by atoms with Gasteiger partial charge < -0.3 is 10.2 Å². The van der Waals surface area contributed by atoms with Crippen LogP contribution >= 0.6 is 0 Å². The van der Waals surface area contributed by atoms with Gasteiger partial charge in [0.15, 0.2) is 11.5 Å². The van der Waals surface area contributed by atoms with Crippen molar-refractivity contribution in [3.05, 3.63) is 23.8 Å². The van der Waals surface area contributed by atoms with E-state index in [9.17, 15) is 5.11 Å². The number of aromatic hydroxyl groups is 2. The smallest absolute Gasteiger partial charge is 0.157 e. The second kappa shape index (κ2) is 4.89. The molecule has 1 unspecified atom stereocenters. The van der Waals surface area contributed by atoms with Gasteiger partial charge in [-0.3, -0.25) is 0 Å². The minimum atomic E-state index is -0.0445. The van der Waals surface area contributed by atoms with Crippen molar-refractivity contribution in [2.45, 2.75) is 33.1 Å². The van der Waals surface area contributed by atoms with Crippen LogP contribution in [0.4, 0.5) is 0 Å². The summed E-state index contributed by atoms with van der Waals surface area (Å²) in [6.45, 7) is 4.37. The van der Waals surface area contributed by atoms with Gasteiger partial charge >= 0.3 is 0 Å². The van der Waals surface area contributed by atoms with Crippen molar-refractivity contribution >= 4 is 0 Å². The van der Waals surface area contributed by atoms with E-state index >= 15 is 0 Å². The Morgan fingerprint density at radius 2 is 1.93 bits per heavy atom. The lowest BCUT2D eigenvalue weighted by Crippen LogP contribution is -1.98. The molecular weight excluding hydrogens is 176 g/mol. The van der Waals surface area contributed by atoms with Gasteiger partial charge in [0, 0.05) is 0 Å². The van der Waals surface area contributed by atoms with Crippen molar-refractivity contribution in [3.8, 4) is 11.5 Å². The molecule has 0 aromatic heterocycles. The van der Waals surface area contributed by atoms with Crippen LogP contribution in [0.3, 0.4) is 0 Å². The van der Waals surface area contributed by atoms with Crippen LogP contribution in [0.5, 0.6) is 11.5 Å². The molecule has 0 fully saturated rings. The molecule has 0 bridgehead atoms. The standard InChI is InChI=1S/C12H18O2/c1-3-4-9(2)7-10-5-6-11(13)12(14)8-10/h5-6,8-9,13-14H,3-4,7H2,1-2H3. The molecule has 0 amide bonds. The normalized spacial score (nSPS) is 12.7. The summed E-state index contributed by atoms with van der Waals surface area (Å²) in [4.78, 5) is 0. The van der Waals surface area contributed by atoms with E-state index in [-0.39, 0.29) is 11.5 Å². The van der Waals surface area contributed by atoms with Crippen LogP contribution in [0, 0.1) is 5.92 Å². The van der Waals surface area contributed by atoms with E-state index < -0.39 is 0 Å². The third-order valence-corrected chi connectivity index (χ3v) is 2.41. The van der Waals surface area contributed by atoms with Gasteiger partial charge in [0.2, 0.25) is 0 Å². The lowest BCUT2D eigenvalue weighted by molar-refractivity contribution is 0.402. The first-order valence-electron chi connectivity index (χ1n) is 5.14. The van der Waals surface area contributed by atoms with Gasteiger partial charge in [0.25, 0.3) is 0 Å². The van der Waals surface area contributed by atoms with Crippen molar-refractivity contribution in [2.75, 3.05) is 0 Å². The molecule has 1 atom stereocenters. The van der Waals surface area contributed by atoms with Crippen LogP contribution in [-0.4, -0.2) is 10.2 Å². The van der Waals surface area contributed by atoms with Gasteiger partial charge in [-0.25, -0.2) is 0 Å². The van der Waals surface area contributed by atoms with Crippen molar-refractivity contribution in [1.82, 2.24) is 0 Å². The molecule has 0 spiro atoms. The van der Waals surface area contributed by atoms with E-state index in [2.05, 4.69) is 13.8 Å². The van der Waals surface area contributed by atoms with E-state index in [0.29, 0.717) is 5.92 Å². The number of phenolic OH excluding ortho intramolecular Hbond substituents is 2. The summed E-state index contributed by atoms with van der Waals surface area (Å²) in [5.41, 5.74) is 1.08. The maximum absolute atomic E-state index is 9.29. The van der Waals surface area contributed by atoms with Gasteiger partial charge in [0.05, 0.1) is 0 Å². The van der Waals surface area contributed by atoms with Crippen molar-refractivity contribution in [3.63, 3.8) is 0 Å². The molecule has 0 saturated heterocycles. The summed E-state index contributed by atoms with van der Waals surface area (Å²) in [5.74, 6) is 0.562. The SMILES string of the molecule is CCCC(C)Cc1ccc(O)c(O)c1. The molecule has 2 N–H and O–H groups in total. The summed E-state index contributed by atoms with van der Waals surface area (Å²) >= 11 is 0. The molecule has 0 heterocycles. The van der Waals surface area contributed by atoms with Gasteiger partial charge in [-0.2, -0.15) is 0 Å². The number of hydrogen-bond acceptors (Lipinski definition) is 2. The molecule has 0 aliphatic heterocycles. The monoisotopic (exact) mass is 194 g/mol. The van der Waals surface area contributed by atoms with E-state index in [4.69, 9.17) is 5.11 Å². The van der Waals surface area contributed by atoms with Crippen molar-refractivity contribution in [1.29, 1.82) is 0 Å². The maximum atomic E-state index is 9.29. The minimum absolute atomic E-state index is 0.0220. The van der Waals surface area contributed by atoms with Crippen LogP contribution in [0.25, 0.3) is 0 Å². The van der Waals surface area contributed by atoms with E-state index in [1.165, 1.54) is 12.8 Å². The molecular formula is C12H18O2. The Labute approximate surface area is 85.2 Å². The lowest BCUT2D eigenvalue weighted by atomic mass is 9.97. The quantitative estimate of drug-likeness (QED) is 0.723. The fourth-order valence-electron chi connectivity index (χ4n) is 1.69. The zero-order valence-corrected chi connectivity index (χ0v) is 8.83. The summed E-state index contributed by atoms with van der Waals surface area (Å²) in [6.07, 6.45) is 3.34. The van der Waals surface area contributed by atoms with Crippen LogP contribution in [-0.2, 0) is 6.42 Å². The zero-order valence-electron chi connectivity index (χ0n) is 8.83. The second-order valence-electron chi connectivity index (χ2n) is 3.92. The number of hydrogen-bond donors (Lipinski definition) is 2. The summed E-state index contributed by atoms with van der Waals surface area (Å²) < 4.78 is 0. The largest absolute Gasteiger partial charge is 0.504 e. The molecule has 2 nitrogen and oxygen atoms in total. The summed E-state index contributed by atoms with van der Waals surface area (Å²) in [5, 5.41) is 18.4. The fourth-order valence-corrected chi connectivity index (χ4v) is 1.69. The fraction of sp³-hybridized carbons (Fsp3) is 0.500. The summed E-state index contributed by atoms with van der Waals surface area (Å²) in [6, 6.07) is 5.05. The van der Waals surface area contributed by atoms with Gasteiger partial charge in [-0.1, -0.05) is 32.8 Å². The maximum Gasteiger partial charge on any atom is 0.157 e. The predicted molar refractivity (Wildman–Crippen MR) is 57.5 cm³/mol. The van der Waals surface area contributed by atoms with Crippen LogP contribution in [0.1, 0.15) is 32.3 Å². The van der Waals surface area contributed by atoms with Crippen LogP contribution in [0.2, 0.25) is 0 Å². The highest BCUT2D eigenvalue weighted by Crippen LogP contribution is 2.26. The molecule has 1 aromatic rings. The molecule has 0 radical (unpaired) electrons. The number of rotatable bonds is 4. The third-order valence-electron chi connectivity index (χ3n) is 2.41. The predicted octanol–water partition coefficient (Wildman–Crippen LogP) is 3.08. The molecule has 0 saturated carbocycles. The Morgan fingerprint density at radius 1 is 1.21 bits per heavy atom. The Balaban J connectivity index is 2.63. The zero-order chi connectivity index (χ0) is 10.6. The highest BCUT2D eigenvalue weighted by atomic mass is 16.3. The van der Waals surface area contributed by atoms with E-state index in [1.54, 1.807) is 12.1 Å². The van der Waals surface area contributed by atoms with Crippen LogP contribution in [0.15, 0.2) is 18.2 Å². The highest BCUT2D eigenvalue weighted by Gasteiger charge is 2.05. The average Bonchev–Trinajstić information content (AvgIpc) is 2.12. The second-order valence-corrected chi connectivity index (χ2v) is 3.92. The molecule has 2 heteroatoms. The van der Waals surface area contributed by atoms with Crippen molar-refractivity contribution < 1.29 is 10.2 Å². The first-order valence-corrected chi connectivity index (χ1v) is 5.14. The van der Waals surface area contributed by atoms with Gasteiger partial charge in [-0.05, 0) is 30.0 Å². The molecule has 1 aromatic carbocycles. The third kappa shape index (κ3) is 2.95. The van der Waals surface area contributed by atoms with Crippen LogP contribution < -0.4 is 0 Å². The molecule has 0 aliphatic carbocycles. The topological polar surface area (TPSA) is 40.5 Å². The Kier molecular flexibility index (Phi) is 3.81. The van der Waals surface area contributed by atoms with E-state index in [1.807, 2.05) is 6.07 Å². The number of benzene rings is 1. The highest BCUT2D eigenvalue weighted by molar-refractivity contribution is 5.40. The van der Waals surface area contributed by atoms with Gasteiger partial charge in [0.1, 0.15) is 0 Å². The first-order chi connectivity index (χ1) is 6.63. The Bertz CT molecular complexity index is 294.